The van der Waals surface area contributed by atoms with Crippen molar-refractivity contribution < 1.29 is 17.9 Å². The number of carbonyl (C=O) groups is 1. The number of morpholine rings is 1. The molecule has 8 heteroatoms. The molecule has 1 heterocycles. The summed E-state index contributed by atoms with van der Waals surface area (Å²) in [6.07, 6.45) is 3.09. The Kier molecular flexibility index (Phi) is 8.12. The van der Waals surface area contributed by atoms with Gasteiger partial charge in [0.25, 0.3) is 0 Å². The number of hydrogen-bond acceptors (Lipinski definition) is 5. The first-order valence-electron chi connectivity index (χ1n) is 12.2. The molecule has 7 nitrogen and oxygen atoms in total. The van der Waals surface area contributed by atoms with Crippen molar-refractivity contribution in [2.75, 3.05) is 16.8 Å². The van der Waals surface area contributed by atoms with Crippen LogP contribution in [-0.2, 0) is 19.6 Å². The average molecular weight is 480 g/mol. The zero-order valence-electron chi connectivity index (χ0n) is 21.1. The predicted octanol–water partition coefficient (Wildman–Crippen LogP) is 4.13. The monoisotopic (exact) mass is 479 g/mol. The minimum atomic E-state index is -3.28. The van der Waals surface area contributed by atoms with Gasteiger partial charge in [-0.1, -0.05) is 0 Å². The minimum absolute atomic E-state index is 0.0254. The van der Waals surface area contributed by atoms with Crippen molar-refractivity contribution in [1.82, 2.24) is 4.72 Å². The van der Waals surface area contributed by atoms with E-state index in [2.05, 4.69) is 55.6 Å². The van der Waals surface area contributed by atoms with E-state index in [0.29, 0.717) is 25.7 Å². The van der Waals surface area contributed by atoms with Crippen molar-refractivity contribution >= 4 is 27.3 Å². The maximum absolute atomic E-state index is 13.0. The molecular formula is C25H41N3O4S. The maximum Gasteiger partial charge on any atom is 0.227 e. The minimum Gasteiger partial charge on any atom is -0.372 e. The van der Waals surface area contributed by atoms with Crippen molar-refractivity contribution in [3.05, 3.63) is 23.3 Å². The van der Waals surface area contributed by atoms with Gasteiger partial charge < -0.3 is 15.0 Å². The van der Waals surface area contributed by atoms with E-state index in [4.69, 9.17) is 4.74 Å². The van der Waals surface area contributed by atoms with Crippen LogP contribution in [0.5, 0.6) is 0 Å². The lowest BCUT2D eigenvalue weighted by molar-refractivity contribution is -0.120. The Hall–Kier alpha value is -1.64. The summed E-state index contributed by atoms with van der Waals surface area (Å²) in [7, 11) is -3.28. The second-order valence-electron chi connectivity index (χ2n) is 10.2. The molecule has 1 aromatic rings. The third-order valence-corrected chi connectivity index (χ3v) is 9.35. The first-order chi connectivity index (χ1) is 15.4. The fourth-order valence-electron chi connectivity index (χ4n) is 4.87. The van der Waals surface area contributed by atoms with Crippen molar-refractivity contribution in [3.8, 4) is 0 Å². The van der Waals surface area contributed by atoms with Crippen LogP contribution in [0.4, 0.5) is 11.4 Å². The largest absolute Gasteiger partial charge is 0.372 e. The Morgan fingerprint density at radius 3 is 2.30 bits per heavy atom. The number of nitrogens with zero attached hydrogens (tertiary/aromatic N) is 1. The van der Waals surface area contributed by atoms with E-state index in [1.54, 1.807) is 13.8 Å². The number of sulfonamides is 1. The molecule has 1 amide bonds. The SMILES string of the molecule is Cc1c(NC(=O)C2CCC(NS(=O)(=O)C(C)C)CC2)ccc(N2CC(C)O[C@H](C)C2C)c1C. The van der Waals surface area contributed by atoms with E-state index in [1.807, 2.05) is 6.07 Å². The molecule has 1 saturated carbocycles. The van der Waals surface area contributed by atoms with E-state index >= 15 is 0 Å². The van der Waals surface area contributed by atoms with Gasteiger partial charge in [0, 0.05) is 29.9 Å². The summed E-state index contributed by atoms with van der Waals surface area (Å²) in [4.78, 5) is 15.4. The van der Waals surface area contributed by atoms with Gasteiger partial charge in [0.1, 0.15) is 0 Å². The molecule has 0 bridgehead atoms. The summed E-state index contributed by atoms with van der Waals surface area (Å²) in [5.74, 6) is -0.0671. The van der Waals surface area contributed by atoms with Crippen molar-refractivity contribution in [1.29, 1.82) is 0 Å². The number of hydrogen-bond donors (Lipinski definition) is 2. The van der Waals surface area contributed by atoms with Crippen LogP contribution < -0.4 is 14.9 Å². The smallest absolute Gasteiger partial charge is 0.227 e. The number of ether oxygens (including phenoxy) is 1. The van der Waals surface area contributed by atoms with Gasteiger partial charge in [0.15, 0.2) is 0 Å². The van der Waals surface area contributed by atoms with Crippen LogP contribution in [0, 0.1) is 19.8 Å². The van der Waals surface area contributed by atoms with E-state index in [-0.39, 0.29) is 36.1 Å². The van der Waals surface area contributed by atoms with Gasteiger partial charge in [-0.15, -0.1) is 0 Å². The highest BCUT2D eigenvalue weighted by molar-refractivity contribution is 7.90. The highest BCUT2D eigenvalue weighted by Gasteiger charge is 2.32. The van der Waals surface area contributed by atoms with Gasteiger partial charge in [0.2, 0.25) is 15.9 Å². The van der Waals surface area contributed by atoms with Gasteiger partial charge >= 0.3 is 0 Å². The van der Waals surface area contributed by atoms with Gasteiger partial charge in [-0.2, -0.15) is 0 Å². The third kappa shape index (κ3) is 5.89. The molecule has 1 aliphatic heterocycles. The molecule has 1 saturated heterocycles. The van der Waals surface area contributed by atoms with Crippen molar-refractivity contribution in [2.45, 2.75) is 104 Å². The summed E-state index contributed by atoms with van der Waals surface area (Å²) in [6, 6.07) is 4.32. The van der Waals surface area contributed by atoms with Crippen LogP contribution in [0.15, 0.2) is 12.1 Å². The number of nitrogens with one attached hydrogen (secondary N) is 2. The molecule has 2 unspecified atom stereocenters. The second-order valence-corrected chi connectivity index (χ2v) is 12.4. The molecule has 0 aromatic heterocycles. The lowest BCUT2D eigenvalue weighted by atomic mass is 9.86. The van der Waals surface area contributed by atoms with E-state index < -0.39 is 15.3 Å². The standard InChI is InChI=1S/C25H41N3O4S/c1-15(2)33(30,31)27-22-10-8-21(9-11-22)25(29)26-23-12-13-24(18(5)17(23)4)28-14-16(3)32-20(7)19(28)6/h12-13,15-16,19-22,27H,8-11,14H2,1-7H3,(H,26,29)/t16?,19?,20-,21?,22?/m1/s1. The number of benzene rings is 1. The fourth-order valence-corrected chi connectivity index (χ4v) is 5.84. The van der Waals surface area contributed by atoms with Gasteiger partial charge in [-0.3, -0.25) is 4.79 Å². The molecule has 1 aromatic carbocycles. The molecule has 2 N–H and O–H groups in total. The summed E-state index contributed by atoms with van der Waals surface area (Å²) < 4.78 is 33.0. The third-order valence-electron chi connectivity index (χ3n) is 7.45. The van der Waals surface area contributed by atoms with E-state index in [1.165, 1.54) is 11.3 Å². The highest BCUT2D eigenvalue weighted by Crippen LogP contribution is 2.34. The van der Waals surface area contributed by atoms with Crippen molar-refractivity contribution in [3.63, 3.8) is 0 Å². The predicted molar refractivity (Wildman–Crippen MR) is 134 cm³/mol. The van der Waals surface area contributed by atoms with Gasteiger partial charge in [-0.25, -0.2) is 13.1 Å². The second kappa shape index (κ2) is 10.3. The summed E-state index contributed by atoms with van der Waals surface area (Å²) in [6.45, 7) is 14.8. The number of anilines is 2. The number of carbonyl (C=O) groups excluding carboxylic acids is 1. The van der Waals surface area contributed by atoms with Gasteiger partial charge in [-0.05, 0) is 97.4 Å². The van der Waals surface area contributed by atoms with Crippen LogP contribution in [0.3, 0.4) is 0 Å². The van der Waals surface area contributed by atoms with Crippen molar-refractivity contribution in [2.24, 2.45) is 5.92 Å². The lowest BCUT2D eigenvalue weighted by Gasteiger charge is -2.43. The zero-order valence-corrected chi connectivity index (χ0v) is 22.0. The molecule has 0 spiro atoms. The summed E-state index contributed by atoms with van der Waals surface area (Å²) in [5.41, 5.74) is 4.30. The quantitative estimate of drug-likeness (QED) is 0.641. The van der Waals surface area contributed by atoms with Crippen LogP contribution in [0.2, 0.25) is 0 Å². The molecule has 33 heavy (non-hydrogen) atoms. The lowest BCUT2D eigenvalue weighted by Crippen LogP contribution is -2.52. The Morgan fingerprint density at radius 2 is 1.70 bits per heavy atom. The van der Waals surface area contributed by atoms with Crippen LogP contribution in [-0.4, -0.2) is 50.4 Å². The van der Waals surface area contributed by atoms with Crippen LogP contribution >= 0.6 is 0 Å². The first-order valence-corrected chi connectivity index (χ1v) is 13.8. The molecule has 186 valence electrons. The van der Waals surface area contributed by atoms with E-state index in [9.17, 15) is 13.2 Å². The molecule has 1 aliphatic carbocycles. The first kappa shape index (κ1) is 26.0. The molecule has 3 rings (SSSR count). The maximum atomic E-state index is 13.0. The molecule has 3 atom stereocenters. The van der Waals surface area contributed by atoms with Crippen LogP contribution in [0.25, 0.3) is 0 Å². The fraction of sp³-hybridized carbons (Fsp3) is 0.720. The topological polar surface area (TPSA) is 87.7 Å². The molecule has 2 aliphatic rings. The van der Waals surface area contributed by atoms with E-state index in [0.717, 1.165) is 17.8 Å². The summed E-state index contributed by atoms with van der Waals surface area (Å²) in [5, 5.41) is 2.70. The Balaban J connectivity index is 1.64. The molecule has 2 fully saturated rings. The molecule has 0 radical (unpaired) electrons. The Labute approximate surface area is 199 Å². The Morgan fingerprint density at radius 1 is 1.06 bits per heavy atom. The number of rotatable bonds is 6. The average Bonchev–Trinajstić information content (AvgIpc) is 2.74. The van der Waals surface area contributed by atoms with Crippen LogP contribution in [0.1, 0.15) is 71.4 Å². The van der Waals surface area contributed by atoms with Gasteiger partial charge in [0.05, 0.1) is 23.5 Å². The summed E-state index contributed by atoms with van der Waals surface area (Å²) >= 11 is 0. The zero-order chi connectivity index (χ0) is 24.5. The highest BCUT2D eigenvalue weighted by atomic mass is 32.2. The number of amides is 1. The molecular weight excluding hydrogens is 438 g/mol. The normalized spacial score (nSPS) is 28.7. The Bertz CT molecular complexity index is 955.